The first-order valence-corrected chi connectivity index (χ1v) is 6.21. The zero-order valence-corrected chi connectivity index (χ0v) is 11.3. The minimum absolute atomic E-state index is 0.0822. The third-order valence-corrected chi connectivity index (χ3v) is 3.83. The van der Waals surface area contributed by atoms with Crippen LogP contribution in [0.1, 0.15) is 34.1 Å². The van der Waals surface area contributed by atoms with Crippen LogP contribution in [-0.2, 0) is 14.0 Å². The van der Waals surface area contributed by atoms with Gasteiger partial charge in [-0.3, -0.25) is 0 Å². The smallest absolute Gasteiger partial charge is 0.446 e. The Kier molecular flexibility index (Phi) is 3.19. The number of primary amides is 1. The summed E-state index contributed by atoms with van der Waals surface area (Å²) in [7, 11) is -0.343. The number of rotatable bonds is 3. The van der Waals surface area contributed by atoms with E-state index >= 15 is 0 Å². The Bertz CT molecular complexity index is 364. The average Bonchev–Trinajstić information content (AvgIpc) is 2.85. The second kappa shape index (κ2) is 4.28. The Balaban J connectivity index is 1.84. The van der Waals surface area contributed by atoms with Crippen molar-refractivity contribution >= 4 is 13.2 Å². The fourth-order valence-electron chi connectivity index (χ4n) is 1.88. The van der Waals surface area contributed by atoms with Crippen LogP contribution in [0.3, 0.4) is 0 Å². The molecule has 2 atom stereocenters. The van der Waals surface area contributed by atoms with E-state index in [1.807, 2.05) is 39.7 Å². The number of nitrogens with two attached hydrogens (primary N) is 1. The van der Waals surface area contributed by atoms with Gasteiger partial charge >= 0.3 is 13.2 Å². The predicted molar refractivity (Wildman–Crippen MR) is 67.8 cm³/mol. The third-order valence-electron chi connectivity index (χ3n) is 3.83. The van der Waals surface area contributed by atoms with Crippen molar-refractivity contribution in [1.29, 1.82) is 0 Å². The number of hydrogen-bond acceptors (Lipinski definition) is 4. The van der Waals surface area contributed by atoms with Crippen LogP contribution in [0.4, 0.5) is 4.79 Å². The first-order valence-electron chi connectivity index (χ1n) is 6.21. The Morgan fingerprint density at radius 3 is 2.39 bits per heavy atom. The summed E-state index contributed by atoms with van der Waals surface area (Å²) in [6, 6.07) is 0. The lowest BCUT2D eigenvalue weighted by atomic mass is 9.89. The molecular weight excluding hydrogens is 233 g/mol. The minimum atomic E-state index is -0.716. The lowest BCUT2D eigenvalue weighted by Crippen LogP contribution is -2.41. The van der Waals surface area contributed by atoms with E-state index in [1.165, 1.54) is 0 Å². The highest BCUT2D eigenvalue weighted by molar-refractivity contribution is 6.51. The van der Waals surface area contributed by atoms with Crippen LogP contribution in [0.5, 0.6) is 0 Å². The fourth-order valence-corrected chi connectivity index (χ4v) is 1.88. The molecule has 0 aromatic heterocycles. The van der Waals surface area contributed by atoms with Crippen LogP contribution in [0.25, 0.3) is 0 Å². The summed E-state index contributed by atoms with van der Waals surface area (Å²) in [5, 5.41) is 0. The van der Waals surface area contributed by atoms with Crippen molar-refractivity contribution in [2.24, 2.45) is 11.7 Å². The van der Waals surface area contributed by atoms with Gasteiger partial charge in [0.05, 0.1) is 11.2 Å². The first-order chi connectivity index (χ1) is 8.21. The molecule has 5 nitrogen and oxygen atoms in total. The van der Waals surface area contributed by atoms with E-state index in [2.05, 4.69) is 0 Å². The van der Waals surface area contributed by atoms with Gasteiger partial charge in [-0.25, -0.2) is 4.79 Å². The maximum atomic E-state index is 10.6. The predicted octanol–water partition coefficient (Wildman–Crippen LogP) is 1.66. The summed E-state index contributed by atoms with van der Waals surface area (Å²) in [4.78, 5) is 10.6. The molecule has 2 fully saturated rings. The molecule has 1 heterocycles. The van der Waals surface area contributed by atoms with Gasteiger partial charge in [0.25, 0.3) is 0 Å². The van der Waals surface area contributed by atoms with Gasteiger partial charge in [0, 0.05) is 5.92 Å². The van der Waals surface area contributed by atoms with Crippen molar-refractivity contribution in [3.05, 3.63) is 12.1 Å². The average molecular weight is 253 g/mol. The van der Waals surface area contributed by atoms with Crippen LogP contribution < -0.4 is 5.73 Å². The van der Waals surface area contributed by atoms with Gasteiger partial charge in [-0.2, -0.15) is 0 Å². The summed E-state index contributed by atoms with van der Waals surface area (Å²) in [6.07, 6.45) is 1.99. The van der Waals surface area contributed by atoms with Crippen LogP contribution in [-0.4, -0.2) is 30.5 Å². The molecule has 0 radical (unpaired) electrons. The van der Waals surface area contributed by atoms with Gasteiger partial charge in [-0.05, 0) is 34.1 Å². The highest BCUT2D eigenvalue weighted by atomic mass is 16.7. The molecule has 0 aromatic carbocycles. The highest BCUT2D eigenvalue weighted by Gasteiger charge is 2.50. The van der Waals surface area contributed by atoms with E-state index in [-0.39, 0.29) is 30.3 Å². The Morgan fingerprint density at radius 2 is 1.89 bits per heavy atom. The second-order valence-electron chi connectivity index (χ2n) is 5.88. The summed E-state index contributed by atoms with van der Waals surface area (Å²) < 4.78 is 16.5. The van der Waals surface area contributed by atoms with Crippen LogP contribution >= 0.6 is 0 Å². The number of carbonyl (C=O) groups is 1. The molecule has 1 amide bonds. The van der Waals surface area contributed by atoms with Crippen LogP contribution in [0.2, 0.25) is 0 Å². The summed E-state index contributed by atoms with van der Waals surface area (Å²) >= 11 is 0. The standard InChI is InChI=1S/C12H20BNO4/c1-11(2)12(3,4)18-13(17-11)6-5-8-7-9(8)16-10(14)15/h5-6,8-9H,7H2,1-4H3,(H2,14,15). The molecule has 1 saturated heterocycles. The highest BCUT2D eigenvalue weighted by Crippen LogP contribution is 2.38. The molecule has 0 spiro atoms. The lowest BCUT2D eigenvalue weighted by molar-refractivity contribution is 0.00578. The first kappa shape index (κ1) is 13.4. The largest absolute Gasteiger partial charge is 0.486 e. The summed E-state index contributed by atoms with van der Waals surface area (Å²) in [5.41, 5.74) is 4.30. The van der Waals surface area contributed by atoms with Crippen molar-refractivity contribution in [3.8, 4) is 0 Å². The summed E-state index contributed by atoms with van der Waals surface area (Å²) in [6.45, 7) is 8.04. The van der Waals surface area contributed by atoms with Crippen LogP contribution in [0, 0.1) is 5.92 Å². The van der Waals surface area contributed by atoms with Gasteiger partial charge in [0.15, 0.2) is 0 Å². The SMILES string of the molecule is CC1(C)OB(C=CC2CC2OC(N)=O)OC1(C)C. The second-order valence-corrected chi connectivity index (χ2v) is 5.88. The zero-order chi connectivity index (χ0) is 13.6. The lowest BCUT2D eigenvalue weighted by Gasteiger charge is -2.32. The topological polar surface area (TPSA) is 70.8 Å². The Hall–Kier alpha value is -1.01. The van der Waals surface area contributed by atoms with E-state index in [0.717, 1.165) is 6.42 Å². The molecule has 1 saturated carbocycles. The number of amides is 1. The monoisotopic (exact) mass is 253 g/mol. The van der Waals surface area contributed by atoms with Crippen molar-refractivity contribution in [2.75, 3.05) is 0 Å². The molecule has 0 bridgehead atoms. The number of hydrogen-bond donors (Lipinski definition) is 1. The van der Waals surface area contributed by atoms with Gasteiger partial charge in [0.2, 0.25) is 0 Å². The Morgan fingerprint density at radius 1 is 1.33 bits per heavy atom. The van der Waals surface area contributed by atoms with Gasteiger partial charge in [-0.1, -0.05) is 12.1 Å². The van der Waals surface area contributed by atoms with Crippen molar-refractivity contribution in [2.45, 2.75) is 51.4 Å². The van der Waals surface area contributed by atoms with Crippen LogP contribution in [0.15, 0.2) is 12.1 Å². The Labute approximate surface area is 108 Å². The minimum Gasteiger partial charge on any atom is -0.446 e. The van der Waals surface area contributed by atoms with Crippen molar-refractivity contribution in [1.82, 2.24) is 0 Å². The maximum absolute atomic E-state index is 10.6. The molecule has 2 rings (SSSR count). The number of carbonyl (C=O) groups excluding carboxylic acids is 1. The quantitative estimate of drug-likeness (QED) is 0.776. The molecule has 1 aliphatic heterocycles. The fraction of sp³-hybridized carbons (Fsp3) is 0.750. The summed E-state index contributed by atoms with van der Waals surface area (Å²) in [5.74, 6) is 2.11. The van der Waals surface area contributed by atoms with Gasteiger partial charge < -0.3 is 19.8 Å². The van der Waals surface area contributed by atoms with Crippen molar-refractivity contribution in [3.63, 3.8) is 0 Å². The van der Waals surface area contributed by atoms with E-state index in [1.54, 1.807) is 0 Å². The van der Waals surface area contributed by atoms with Gasteiger partial charge in [-0.15, -0.1) is 0 Å². The molecule has 0 aromatic rings. The molecule has 2 N–H and O–H groups in total. The van der Waals surface area contributed by atoms with Gasteiger partial charge in [0.1, 0.15) is 6.10 Å². The van der Waals surface area contributed by atoms with E-state index in [0.29, 0.717) is 0 Å². The molecule has 100 valence electrons. The molecule has 2 unspecified atom stereocenters. The molecular formula is C12H20BNO4. The normalized spacial score (nSPS) is 32.8. The van der Waals surface area contributed by atoms with E-state index in [9.17, 15) is 4.79 Å². The zero-order valence-electron chi connectivity index (χ0n) is 11.3. The molecule has 18 heavy (non-hydrogen) atoms. The van der Waals surface area contributed by atoms with E-state index < -0.39 is 6.09 Å². The molecule has 6 heteroatoms. The van der Waals surface area contributed by atoms with E-state index in [4.69, 9.17) is 19.8 Å². The molecule has 2 aliphatic rings. The third kappa shape index (κ3) is 2.70. The van der Waals surface area contributed by atoms with Crippen molar-refractivity contribution < 1.29 is 18.8 Å². The maximum Gasteiger partial charge on any atom is 0.486 e. The molecule has 1 aliphatic carbocycles. The number of ether oxygens (including phenoxy) is 1.